The number of ether oxygens (including phenoxy) is 1. The summed E-state index contributed by atoms with van der Waals surface area (Å²) in [6.07, 6.45) is -0.536. The van der Waals surface area contributed by atoms with E-state index in [1.165, 1.54) is 18.2 Å². The monoisotopic (exact) mass is 365 g/mol. The number of hydrogen-bond acceptors (Lipinski definition) is 5. The molecule has 138 valence electrons. The van der Waals surface area contributed by atoms with E-state index in [1.807, 2.05) is 32.0 Å². The minimum Gasteiger partial charge on any atom is -0.487 e. The molecule has 2 atom stereocenters. The van der Waals surface area contributed by atoms with Crippen molar-refractivity contribution >= 4 is 11.6 Å². The number of hydrogen-bond donors (Lipinski definition) is 0. The fourth-order valence-corrected chi connectivity index (χ4v) is 3.16. The summed E-state index contributed by atoms with van der Waals surface area (Å²) in [5, 5.41) is 20.4. The summed E-state index contributed by atoms with van der Waals surface area (Å²) in [4.78, 5) is 24.9. The third-order valence-electron chi connectivity index (χ3n) is 4.66. The van der Waals surface area contributed by atoms with E-state index >= 15 is 0 Å². The third-order valence-corrected chi connectivity index (χ3v) is 4.66. The van der Waals surface area contributed by atoms with Crippen LogP contribution in [0.1, 0.15) is 21.5 Å². The molecule has 0 unspecified atom stereocenters. The predicted molar refractivity (Wildman–Crippen MR) is 98.4 cm³/mol. The molecule has 0 aliphatic carbocycles. The van der Waals surface area contributed by atoms with Crippen molar-refractivity contribution in [3.63, 3.8) is 0 Å². The molecule has 7 nitrogen and oxygen atoms in total. The van der Waals surface area contributed by atoms with Crippen LogP contribution in [0, 0.1) is 41.2 Å². The van der Waals surface area contributed by atoms with E-state index in [4.69, 9.17) is 4.74 Å². The van der Waals surface area contributed by atoms with Crippen LogP contribution >= 0.6 is 0 Å². The van der Waals surface area contributed by atoms with E-state index in [0.717, 1.165) is 11.1 Å². The van der Waals surface area contributed by atoms with Crippen LogP contribution in [0.4, 0.5) is 5.69 Å². The number of nitro groups is 1. The topological polar surface area (TPSA) is 96.5 Å². The van der Waals surface area contributed by atoms with Gasteiger partial charge in [-0.25, -0.2) is 0 Å². The van der Waals surface area contributed by atoms with Crippen LogP contribution in [0.3, 0.4) is 0 Å². The standard InChI is InChI=1S/C20H19N3O4/c1-13-6-7-14(2)18(8-13)20(24)22-11-15(10-21)19(12-22)27-17-5-3-4-16(9-17)23(25)26/h3-9,15,19H,11-12H2,1-2H3/t15-,19-/m1/s1. The maximum Gasteiger partial charge on any atom is 0.273 e. The molecule has 1 fully saturated rings. The number of carbonyl (C=O) groups excluding carboxylic acids is 1. The maximum absolute atomic E-state index is 12.9. The number of rotatable bonds is 4. The molecule has 0 radical (unpaired) electrons. The molecule has 1 aliphatic rings. The van der Waals surface area contributed by atoms with Gasteiger partial charge in [0.2, 0.25) is 0 Å². The lowest BCUT2D eigenvalue weighted by atomic mass is 10.0. The van der Waals surface area contributed by atoms with Crippen molar-refractivity contribution in [3.8, 4) is 11.8 Å². The van der Waals surface area contributed by atoms with E-state index in [9.17, 15) is 20.2 Å². The Labute approximate surface area is 156 Å². The molecule has 1 saturated heterocycles. The second-order valence-corrected chi connectivity index (χ2v) is 6.67. The van der Waals surface area contributed by atoms with Gasteiger partial charge in [-0.3, -0.25) is 14.9 Å². The molecular formula is C20H19N3O4. The Hall–Kier alpha value is -3.40. The second kappa shape index (κ2) is 7.46. The molecule has 2 aromatic carbocycles. The van der Waals surface area contributed by atoms with Crippen LogP contribution in [-0.2, 0) is 0 Å². The lowest BCUT2D eigenvalue weighted by Gasteiger charge is -2.18. The molecule has 0 saturated carbocycles. The summed E-state index contributed by atoms with van der Waals surface area (Å²) >= 11 is 0. The van der Waals surface area contributed by atoms with Crippen molar-refractivity contribution in [1.82, 2.24) is 4.90 Å². The van der Waals surface area contributed by atoms with Crippen LogP contribution in [0.2, 0.25) is 0 Å². The Morgan fingerprint density at radius 1 is 1.26 bits per heavy atom. The van der Waals surface area contributed by atoms with Crippen LogP contribution in [0.5, 0.6) is 5.75 Å². The minimum absolute atomic E-state index is 0.0812. The SMILES string of the molecule is Cc1ccc(C)c(C(=O)N2C[C@@H](C#N)[C@H](Oc3cccc([N+](=O)[O-])c3)C2)c1. The van der Waals surface area contributed by atoms with Crippen molar-refractivity contribution in [2.45, 2.75) is 20.0 Å². The third kappa shape index (κ3) is 3.90. The van der Waals surface area contributed by atoms with Gasteiger partial charge in [-0.15, -0.1) is 0 Å². The number of non-ortho nitro benzene ring substituents is 1. The Morgan fingerprint density at radius 3 is 2.74 bits per heavy atom. The minimum atomic E-state index is -0.536. The van der Waals surface area contributed by atoms with Gasteiger partial charge in [0.15, 0.2) is 0 Å². The Kier molecular flexibility index (Phi) is 5.08. The molecule has 3 rings (SSSR count). The first-order valence-electron chi connectivity index (χ1n) is 8.56. The summed E-state index contributed by atoms with van der Waals surface area (Å²) in [6, 6.07) is 13.7. The number of likely N-dealkylation sites (tertiary alicyclic amines) is 1. The highest BCUT2D eigenvalue weighted by Crippen LogP contribution is 2.27. The molecule has 27 heavy (non-hydrogen) atoms. The molecule has 0 N–H and O–H groups in total. The van der Waals surface area contributed by atoms with Crippen LogP contribution in [0.25, 0.3) is 0 Å². The Balaban J connectivity index is 1.78. The second-order valence-electron chi connectivity index (χ2n) is 6.67. The molecule has 0 aromatic heterocycles. The Morgan fingerprint density at radius 2 is 2.04 bits per heavy atom. The fraction of sp³-hybridized carbons (Fsp3) is 0.300. The van der Waals surface area contributed by atoms with Gasteiger partial charge in [0, 0.05) is 18.2 Å². The van der Waals surface area contributed by atoms with Gasteiger partial charge in [0.05, 0.1) is 23.6 Å². The highest BCUT2D eigenvalue weighted by Gasteiger charge is 2.37. The average molecular weight is 365 g/mol. The molecule has 1 amide bonds. The van der Waals surface area contributed by atoms with Crippen LogP contribution < -0.4 is 4.74 Å². The van der Waals surface area contributed by atoms with Gasteiger partial charge in [-0.1, -0.05) is 23.8 Å². The highest BCUT2D eigenvalue weighted by atomic mass is 16.6. The zero-order valence-electron chi connectivity index (χ0n) is 15.1. The van der Waals surface area contributed by atoms with Gasteiger partial charge in [0.25, 0.3) is 11.6 Å². The summed E-state index contributed by atoms with van der Waals surface area (Å²) in [5.41, 5.74) is 2.40. The van der Waals surface area contributed by atoms with E-state index in [1.54, 1.807) is 11.0 Å². The van der Waals surface area contributed by atoms with Crippen LogP contribution in [0.15, 0.2) is 42.5 Å². The quantitative estimate of drug-likeness (QED) is 0.612. The first-order chi connectivity index (χ1) is 12.9. The number of nitrogens with zero attached hydrogens (tertiary/aromatic N) is 3. The number of nitriles is 1. The van der Waals surface area contributed by atoms with Crippen molar-refractivity contribution in [1.29, 1.82) is 5.26 Å². The van der Waals surface area contributed by atoms with Gasteiger partial charge in [-0.2, -0.15) is 5.26 Å². The molecule has 2 aromatic rings. The first-order valence-corrected chi connectivity index (χ1v) is 8.56. The first kappa shape index (κ1) is 18.4. The van der Waals surface area contributed by atoms with Gasteiger partial charge in [0.1, 0.15) is 17.8 Å². The van der Waals surface area contributed by atoms with Crippen molar-refractivity contribution in [2.24, 2.45) is 5.92 Å². The molecular weight excluding hydrogens is 346 g/mol. The van der Waals surface area contributed by atoms with Gasteiger partial charge < -0.3 is 9.64 Å². The zero-order chi connectivity index (χ0) is 19.6. The lowest BCUT2D eigenvalue weighted by Crippen LogP contribution is -2.31. The summed E-state index contributed by atoms with van der Waals surface area (Å²) in [6.45, 7) is 4.32. The fourth-order valence-electron chi connectivity index (χ4n) is 3.16. The maximum atomic E-state index is 12.9. The number of aryl methyl sites for hydroxylation is 2. The summed E-state index contributed by atoms with van der Waals surface area (Å²) in [7, 11) is 0. The molecule has 0 bridgehead atoms. The van der Waals surface area contributed by atoms with E-state index in [0.29, 0.717) is 11.3 Å². The van der Waals surface area contributed by atoms with E-state index < -0.39 is 16.9 Å². The van der Waals surface area contributed by atoms with Crippen LogP contribution in [-0.4, -0.2) is 34.9 Å². The molecule has 0 spiro atoms. The number of amides is 1. The largest absolute Gasteiger partial charge is 0.487 e. The number of nitro benzene ring substituents is 1. The predicted octanol–water partition coefficient (Wildman–Crippen LogP) is 3.25. The highest BCUT2D eigenvalue weighted by molar-refractivity contribution is 5.96. The van der Waals surface area contributed by atoms with E-state index in [-0.39, 0.29) is 24.7 Å². The molecule has 1 aliphatic heterocycles. The zero-order valence-corrected chi connectivity index (χ0v) is 15.1. The smallest absolute Gasteiger partial charge is 0.273 e. The normalized spacial score (nSPS) is 18.8. The van der Waals surface area contributed by atoms with E-state index in [2.05, 4.69) is 6.07 Å². The van der Waals surface area contributed by atoms with Crippen molar-refractivity contribution in [3.05, 3.63) is 69.3 Å². The van der Waals surface area contributed by atoms with Gasteiger partial charge in [-0.05, 0) is 31.5 Å². The molecule has 1 heterocycles. The van der Waals surface area contributed by atoms with Crippen molar-refractivity contribution in [2.75, 3.05) is 13.1 Å². The lowest BCUT2D eigenvalue weighted by molar-refractivity contribution is -0.384. The number of benzene rings is 2. The molecule has 7 heteroatoms. The summed E-state index contributed by atoms with van der Waals surface area (Å²) in [5.74, 6) is -0.324. The average Bonchev–Trinajstić information content (AvgIpc) is 3.06. The summed E-state index contributed by atoms with van der Waals surface area (Å²) < 4.78 is 5.82. The van der Waals surface area contributed by atoms with Gasteiger partial charge >= 0.3 is 0 Å². The Bertz CT molecular complexity index is 935. The number of carbonyl (C=O) groups is 1. The van der Waals surface area contributed by atoms with Crippen molar-refractivity contribution < 1.29 is 14.5 Å².